The summed E-state index contributed by atoms with van der Waals surface area (Å²) in [5.74, 6) is 0.187. The number of carbonyl (C=O) groups excluding carboxylic acids is 1. The van der Waals surface area contributed by atoms with Crippen molar-refractivity contribution in [1.29, 1.82) is 0 Å². The van der Waals surface area contributed by atoms with Gasteiger partial charge in [0.15, 0.2) is 0 Å². The number of hydrogen-bond acceptors (Lipinski definition) is 4. The number of anilines is 2. The SMILES string of the molecule is Cc1nnc(NC(=O)Nc2ccccc2)nc1C. The summed E-state index contributed by atoms with van der Waals surface area (Å²) in [6, 6.07) is 8.73. The molecule has 0 radical (unpaired) electrons. The summed E-state index contributed by atoms with van der Waals surface area (Å²) in [5, 5.41) is 12.9. The summed E-state index contributed by atoms with van der Waals surface area (Å²) in [6.45, 7) is 3.62. The van der Waals surface area contributed by atoms with Crippen molar-refractivity contribution >= 4 is 17.7 Å². The first-order valence-corrected chi connectivity index (χ1v) is 5.46. The van der Waals surface area contributed by atoms with Gasteiger partial charge in [-0.1, -0.05) is 18.2 Å². The number of para-hydroxylation sites is 1. The van der Waals surface area contributed by atoms with Gasteiger partial charge in [0.1, 0.15) is 0 Å². The molecule has 0 aliphatic rings. The molecule has 1 aromatic carbocycles. The number of carbonyl (C=O) groups is 1. The average molecular weight is 243 g/mol. The van der Waals surface area contributed by atoms with Crippen molar-refractivity contribution < 1.29 is 4.79 Å². The van der Waals surface area contributed by atoms with Crippen molar-refractivity contribution in [3.63, 3.8) is 0 Å². The first-order valence-electron chi connectivity index (χ1n) is 5.46. The molecular formula is C12H13N5O. The normalized spacial score (nSPS) is 9.89. The Hall–Kier alpha value is -2.50. The van der Waals surface area contributed by atoms with Crippen molar-refractivity contribution in [1.82, 2.24) is 15.2 Å². The fraction of sp³-hybridized carbons (Fsp3) is 0.167. The number of amides is 2. The molecule has 0 spiro atoms. The highest BCUT2D eigenvalue weighted by Crippen LogP contribution is 2.06. The smallest absolute Gasteiger partial charge is 0.308 e. The maximum Gasteiger partial charge on any atom is 0.326 e. The summed E-state index contributed by atoms with van der Waals surface area (Å²) in [7, 11) is 0. The zero-order chi connectivity index (χ0) is 13.0. The number of benzene rings is 1. The van der Waals surface area contributed by atoms with Gasteiger partial charge in [0, 0.05) is 5.69 Å². The second kappa shape index (κ2) is 5.22. The van der Waals surface area contributed by atoms with Crippen molar-refractivity contribution in [2.24, 2.45) is 0 Å². The van der Waals surface area contributed by atoms with Crippen molar-refractivity contribution in [2.75, 3.05) is 10.6 Å². The van der Waals surface area contributed by atoms with E-state index in [0.29, 0.717) is 5.69 Å². The van der Waals surface area contributed by atoms with E-state index in [1.807, 2.05) is 32.0 Å². The van der Waals surface area contributed by atoms with Gasteiger partial charge in [-0.3, -0.25) is 5.32 Å². The lowest BCUT2D eigenvalue weighted by molar-refractivity contribution is 0.262. The Labute approximate surface area is 104 Å². The van der Waals surface area contributed by atoms with Crippen molar-refractivity contribution in [3.05, 3.63) is 41.7 Å². The number of nitrogens with zero attached hydrogens (tertiary/aromatic N) is 3. The van der Waals surface area contributed by atoms with Gasteiger partial charge < -0.3 is 5.32 Å². The second-order valence-corrected chi connectivity index (χ2v) is 3.75. The summed E-state index contributed by atoms with van der Waals surface area (Å²) in [4.78, 5) is 15.8. The predicted octanol–water partition coefficient (Wildman–Crippen LogP) is 2.13. The minimum atomic E-state index is -0.397. The Morgan fingerprint density at radius 1 is 1.00 bits per heavy atom. The molecule has 2 rings (SSSR count). The van der Waals surface area contributed by atoms with Gasteiger partial charge >= 0.3 is 6.03 Å². The van der Waals surface area contributed by atoms with Crippen molar-refractivity contribution in [3.8, 4) is 0 Å². The van der Waals surface area contributed by atoms with Gasteiger partial charge in [0.25, 0.3) is 5.95 Å². The lowest BCUT2D eigenvalue weighted by Gasteiger charge is -2.06. The van der Waals surface area contributed by atoms with Gasteiger partial charge in [-0.05, 0) is 26.0 Å². The summed E-state index contributed by atoms with van der Waals surface area (Å²) >= 11 is 0. The van der Waals surface area contributed by atoms with E-state index in [0.717, 1.165) is 11.4 Å². The third-order valence-electron chi connectivity index (χ3n) is 2.35. The molecular weight excluding hydrogens is 230 g/mol. The molecule has 0 saturated heterocycles. The third kappa shape index (κ3) is 3.00. The Bertz CT molecular complexity index is 556. The highest BCUT2D eigenvalue weighted by Gasteiger charge is 2.06. The summed E-state index contributed by atoms with van der Waals surface area (Å²) < 4.78 is 0. The van der Waals surface area contributed by atoms with Crippen LogP contribution >= 0.6 is 0 Å². The van der Waals surface area contributed by atoms with E-state index in [1.165, 1.54) is 0 Å². The molecule has 2 aromatic rings. The molecule has 2 amide bonds. The number of rotatable bonds is 2. The van der Waals surface area contributed by atoms with Crippen LogP contribution in [0.1, 0.15) is 11.4 Å². The molecule has 6 heteroatoms. The first kappa shape index (κ1) is 12.0. The van der Waals surface area contributed by atoms with Crippen LogP contribution in [-0.2, 0) is 0 Å². The van der Waals surface area contributed by atoms with Crippen LogP contribution in [0.15, 0.2) is 30.3 Å². The largest absolute Gasteiger partial charge is 0.326 e. The molecule has 0 bridgehead atoms. The standard InChI is InChI=1S/C12H13N5O/c1-8-9(2)16-17-11(13-8)15-12(18)14-10-6-4-3-5-7-10/h3-7H,1-2H3,(H2,13,14,15,17,18). The van der Waals surface area contributed by atoms with Gasteiger partial charge in [-0.15, -0.1) is 5.10 Å². The van der Waals surface area contributed by atoms with Crippen LogP contribution in [0.25, 0.3) is 0 Å². The monoisotopic (exact) mass is 243 g/mol. The van der Waals surface area contributed by atoms with E-state index >= 15 is 0 Å². The minimum absolute atomic E-state index is 0.187. The molecule has 2 N–H and O–H groups in total. The molecule has 0 unspecified atom stereocenters. The topological polar surface area (TPSA) is 79.8 Å². The van der Waals surface area contributed by atoms with Crippen LogP contribution in [0, 0.1) is 13.8 Å². The number of urea groups is 1. The average Bonchev–Trinajstić information content (AvgIpc) is 2.35. The van der Waals surface area contributed by atoms with Crippen LogP contribution in [0.3, 0.4) is 0 Å². The quantitative estimate of drug-likeness (QED) is 0.846. The van der Waals surface area contributed by atoms with Gasteiger partial charge in [-0.2, -0.15) is 5.10 Å². The Kier molecular flexibility index (Phi) is 3.47. The summed E-state index contributed by atoms with van der Waals surface area (Å²) in [6.07, 6.45) is 0. The van der Waals surface area contributed by atoms with Crippen LogP contribution < -0.4 is 10.6 Å². The molecule has 0 aliphatic heterocycles. The Balaban J connectivity index is 2.01. The van der Waals surface area contributed by atoms with Crippen molar-refractivity contribution in [2.45, 2.75) is 13.8 Å². The van der Waals surface area contributed by atoms with E-state index in [9.17, 15) is 4.79 Å². The van der Waals surface area contributed by atoms with Crippen LogP contribution in [-0.4, -0.2) is 21.2 Å². The molecule has 0 aliphatic carbocycles. The molecule has 18 heavy (non-hydrogen) atoms. The third-order valence-corrected chi connectivity index (χ3v) is 2.35. The van der Waals surface area contributed by atoms with Gasteiger partial charge in [-0.25, -0.2) is 9.78 Å². The highest BCUT2D eigenvalue weighted by atomic mass is 16.2. The van der Waals surface area contributed by atoms with Crippen LogP contribution in [0.5, 0.6) is 0 Å². The molecule has 0 atom stereocenters. The summed E-state index contributed by atoms with van der Waals surface area (Å²) in [5.41, 5.74) is 2.18. The lowest BCUT2D eigenvalue weighted by atomic mass is 10.3. The van der Waals surface area contributed by atoms with Crippen LogP contribution in [0.2, 0.25) is 0 Å². The second-order valence-electron chi connectivity index (χ2n) is 3.75. The molecule has 6 nitrogen and oxygen atoms in total. The fourth-order valence-corrected chi connectivity index (χ4v) is 1.30. The number of nitrogens with one attached hydrogen (secondary N) is 2. The first-order chi connectivity index (χ1) is 8.65. The number of aromatic nitrogens is 3. The molecule has 92 valence electrons. The van der Waals surface area contributed by atoms with E-state index < -0.39 is 6.03 Å². The van der Waals surface area contributed by atoms with E-state index in [2.05, 4.69) is 25.8 Å². The van der Waals surface area contributed by atoms with Crippen LogP contribution in [0.4, 0.5) is 16.4 Å². The Morgan fingerprint density at radius 2 is 1.72 bits per heavy atom. The number of aryl methyl sites for hydroxylation is 2. The van der Waals surface area contributed by atoms with E-state index in [-0.39, 0.29) is 5.95 Å². The Morgan fingerprint density at radius 3 is 2.39 bits per heavy atom. The fourth-order valence-electron chi connectivity index (χ4n) is 1.30. The highest BCUT2D eigenvalue weighted by molar-refractivity contribution is 5.98. The number of hydrogen-bond donors (Lipinski definition) is 2. The minimum Gasteiger partial charge on any atom is -0.308 e. The zero-order valence-corrected chi connectivity index (χ0v) is 10.1. The molecule has 0 fully saturated rings. The molecule has 0 saturated carbocycles. The van der Waals surface area contributed by atoms with E-state index in [1.54, 1.807) is 12.1 Å². The zero-order valence-electron chi connectivity index (χ0n) is 10.1. The maximum absolute atomic E-state index is 11.6. The molecule has 1 heterocycles. The lowest BCUT2D eigenvalue weighted by Crippen LogP contribution is -2.21. The maximum atomic E-state index is 11.6. The molecule has 1 aromatic heterocycles. The van der Waals surface area contributed by atoms with E-state index in [4.69, 9.17) is 0 Å². The van der Waals surface area contributed by atoms with Gasteiger partial charge in [0.2, 0.25) is 0 Å². The van der Waals surface area contributed by atoms with Gasteiger partial charge in [0.05, 0.1) is 11.4 Å². The predicted molar refractivity (Wildman–Crippen MR) is 68.4 cm³/mol.